The van der Waals surface area contributed by atoms with Crippen molar-refractivity contribution >= 4 is 29.2 Å². The third kappa shape index (κ3) is 5.70. The van der Waals surface area contributed by atoms with Crippen molar-refractivity contribution in [1.82, 2.24) is 9.78 Å². The molecule has 0 saturated heterocycles. The number of carbonyl (C=O) groups excluding carboxylic acids is 2. The van der Waals surface area contributed by atoms with Crippen LogP contribution in [0.4, 0.5) is 5.69 Å². The molecule has 1 atom stereocenters. The van der Waals surface area contributed by atoms with Crippen LogP contribution < -0.4 is 15.6 Å². The first-order valence-electron chi connectivity index (χ1n) is 9.35. The highest BCUT2D eigenvalue weighted by Gasteiger charge is 2.21. The van der Waals surface area contributed by atoms with Gasteiger partial charge in [0.2, 0.25) is 0 Å². The van der Waals surface area contributed by atoms with Crippen LogP contribution in [-0.4, -0.2) is 34.9 Å². The molecular formula is C22H20ClN3O5. The number of carbonyl (C=O) groups is 2. The molecule has 1 amide bonds. The number of nitrogens with zero attached hydrogens (tertiary/aromatic N) is 2. The van der Waals surface area contributed by atoms with E-state index in [-0.39, 0.29) is 17.8 Å². The molecule has 9 heteroatoms. The van der Waals surface area contributed by atoms with Crippen molar-refractivity contribution in [1.29, 1.82) is 0 Å². The number of hydrogen-bond acceptors (Lipinski definition) is 6. The van der Waals surface area contributed by atoms with Crippen molar-refractivity contribution in [3.05, 3.63) is 87.3 Å². The first-order valence-corrected chi connectivity index (χ1v) is 9.72. The fraction of sp³-hybridized carbons (Fsp3) is 0.182. The normalized spacial score (nSPS) is 11.5. The zero-order valence-corrected chi connectivity index (χ0v) is 17.6. The number of aromatic nitrogens is 2. The molecule has 31 heavy (non-hydrogen) atoms. The van der Waals surface area contributed by atoms with E-state index < -0.39 is 18.0 Å². The molecule has 0 spiro atoms. The summed E-state index contributed by atoms with van der Waals surface area (Å²) < 4.78 is 11.6. The second-order valence-corrected chi connectivity index (χ2v) is 7.02. The molecule has 0 aliphatic heterocycles. The van der Waals surface area contributed by atoms with Crippen molar-refractivity contribution < 1.29 is 19.1 Å². The number of hydrogen-bond donors (Lipinski definition) is 1. The van der Waals surface area contributed by atoms with E-state index in [0.717, 1.165) is 10.2 Å². The Morgan fingerprint density at radius 1 is 1.13 bits per heavy atom. The standard InChI is InChI=1S/C22H20ClN3O5/c1-14(21(28)24-18-12-16(23)8-10-19(18)30-2)31-22(29)17-9-11-20(27)26(25-17)13-15-6-4-3-5-7-15/h3-12,14H,13H2,1-2H3,(H,24,28)/t14-/m0/s1. The molecule has 3 aromatic rings. The lowest BCUT2D eigenvalue weighted by atomic mass is 10.2. The number of ether oxygens (including phenoxy) is 2. The van der Waals surface area contributed by atoms with Crippen LogP contribution in [0.1, 0.15) is 23.0 Å². The zero-order valence-electron chi connectivity index (χ0n) is 16.9. The molecule has 1 heterocycles. The van der Waals surface area contributed by atoms with Crippen molar-refractivity contribution in [2.45, 2.75) is 19.6 Å². The number of rotatable bonds is 7. The number of esters is 1. The topological polar surface area (TPSA) is 99.5 Å². The summed E-state index contributed by atoms with van der Waals surface area (Å²) in [6.07, 6.45) is -1.13. The molecule has 8 nitrogen and oxygen atoms in total. The first kappa shape index (κ1) is 22.0. The molecule has 0 saturated carbocycles. The van der Waals surface area contributed by atoms with Crippen LogP contribution in [-0.2, 0) is 16.1 Å². The van der Waals surface area contributed by atoms with Crippen LogP contribution in [0.2, 0.25) is 5.02 Å². The predicted octanol–water partition coefficient (Wildman–Crippen LogP) is 3.14. The van der Waals surface area contributed by atoms with Gasteiger partial charge in [0, 0.05) is 11.1 Å². The Bertz CT molecular complexity index is 1150. The van der Waals surface area contributed by atoms with E-state index in [2.05, 4.69) is 10.4 Å². The molecule has 0 aliphatic carbocycles. The van der Waals surface area contributed by atoms with E-state index >= 15 is 0 Å². The first-order chi connectivity index (χ1) is 14.9. The highest BCUT2D eigenvalue weighted by Crippen LogP contribution is 2.27. The van der Waals surface area contributed by atoms with Crippen LogP contribution in [0.5, 0.6) is 5.75 Å². The van der Waals surface area contributed by atoms with Gasteiger partial charge in [0.25, 0.3) is 11.5 Å². The lowest BCUT2D eigenvalue weighted by Gasteiger charge is -2.15. The van der Waals surface area contributed by atoms with E-state index in [9.17, 15) is 14.4 Å². The minimum Gasteiger partial charge on any atom is -0.495 e. The number of nitrogens with one attached hydrogen (secondary N) is 1. The number of methoxy groups -OCH3 is 1. The van der Waals surface area contributed by atoms with Crippen molar-refractivity contribution in [3.8, 4) is 5.75 Å². The number of benzene rings is 2. The number of halogens is 1. The highest BCUT2D eigenvalue weighted by atomic mass is 35.5. The van der Waals surface area contributed by atoms with Crippen LogP contribution in [0.25, 0.3) is 0 Å². The summed E-state index contributed by atoms with van der Waals surface area (Å²) in [7, 11) is 1.46. The van der Waals surface area contributed by atoms with Gasteiger partial charge < -0.3 is 14.8 Å². The third-order valence-electron chi connectivity index (χ3n) is 4.32. The summed E-state index contributed by atoms with van der Waals surface area (Å²) in [5, 5.41) is 7.08. The highest BCUT2D eigenvalue weighted by molar-refractivity contribution is 6.31. The smallest absolute Gasteiger partial charge is 0.359 e. The van der Waals surface area contributed by atoms with E-state index in [0.29, 0.717) is 16.5 Å². The summed E-state index contributed by atoms with van der Waals surface area (Å²) in [6, 6.07) is 16.5. The van der Waals surface area contributed by atoms with Gasteiger partial charge >= 0.3 is 5.97 Å². The van der Waals surface area contributed by atoms with E-state index in [4.69, 9.17) is 21.1 Å². The monoisotopic (exact) mass is 441 g/mol. The van der Waals surface area contributed by atoms with Crippen molar-refractivity contribution in [2.24, 2.45) is 0 Å². The lowest BCUT2D eigenvalue weighted by Crippen LogP contribution is -2.31. The summed E-state index contributed by atoms with van der Waals surface area (Å²) in [5.41, 5.74) is 0.748. The molecule has 0 bridgehead atoms. The molecule has 3 rings (SSSR count). The molecule has 0 unspecified atom stereocenters. The number of anilines is 1. The fourth-order valence-electron chi connectivity index (χ4n) is 2.71. The maximum atomic E-state index is 12.5. The van der Waals surface area contributed by atoms with Gasteiger partial charge in [-0.1, -0.05) is 41.9 Å². The second kappa shape index (κ2) is 9.90. The van der Waals surface area contributed by atoms with Crippen molar-refractivity contribution in [3.63, 3.8) is 0 Å². The minimum atomic E-state index is -1.13. The van der Waals surface area contributed by atoms with E-state index in [1.54, 1.807) is 12.1 Å². The number of amides is 1. The predicted molar refractivity (Wildman–Crippen MR) is 116 cm³/mol. The lowest BCUT2D eigenvalue weighted by molar-refractivity contribution is -0.123. The Morgan fingerprint density at radius 3 is 2.58 bits per heavy atom. The SMILES string of the molecule is COc1ccc(Cl)cc1NC(=O)[C@H](C)OC(=O)c1ccc(=O)n(Cc2ccccc2)n1. The van der Waals surface area contributed by atoms with Gasteiger partial charge in [-0.05, 0) is 36.8 Å². The Labute approximate surface area is 183 Å². The summed E-state index contributed by atoms with van der Waals surface area (Å²) in [6.45, 7) is 1.62. The third-order valence-corrected chi connectivity index (χ3v) is 4.56. The Balaban J connectivity index is 1.69. The molecule has 160 valence electrons. The molecule has 0 fully saturated rings. The minimum absolute atomic E-state index is 0.0875. The van der Waals surface area contributed by atoms with Gasteiger partial charge in [-0.3, -0.25) is 9.59 Å². The van der Waals surface area contributed by atoms with Crippen LogP contribution in [0.3, 0.4) is 0 Å². The molecule has 1 N–H and O–H groups in total. The molecule has 0 aliphatic rings. The van der Waals surface area contributed by atoms with E-state index in [1.165, 1.54) is 32.2 Å². The summed E-state index contributed by atoms with van der Waals surface area (Å²) in [4.78, 5) is 37.0. The molecule has 0 radical (unpaired) electrons. The molecular weight excluding hydrogens is 422 g/mol. The second-order valence-electron chi connectivity index (χ2n) is 6.58. The maximum absolute atomic E-state index is 12.5. The largest absolute Gasteiger partial charge is 0.495 e. The van der Waals surface area contributed by atoms with Crippen LogP contribution >= 0.6 is 11.6 Å². The van der Waals surface area contributed by atoms with Gasteiger partial charge in [0.15, 0.2) is 11.8 Å². The van der Waals surface area contributed by atoms with Gasteiger partial charge in [-0.25, -0.2) is 9.48 Å². The Hall–Kier alpha value is -3.65. The van der Waals surface area contributed by atoms with Crippen LogP contribution in [0.15, 0.2) is 65.5 Å². The molecule has 1 aromatic heterocycles. The van der Waals surface area contributed by atoms with Gasteiger partial charge in [0.05, 0.1) is 19.3 Å². The fourth-order valence-corrected chi connectivity index (χ4v) is 2.89. The summed E-state index contributed by atoms with van der Waals surface area (Å²) in [5.74, 6) is -1.00. The summed E-state index contributed by atoms with van der Waals surface area (Å²) >= 11 is 5.96. The van der Waals surface area contributed by atoms with Crippen LogP contribution in [0, 0.1) is 0 Å². The van der Waals surface area contributed by atoms with Gasteiger partial charge in [-0.15, -0.1) is 0 Å². The Kier molecular flexibility index (Phi) is 7.04. The molecule has 2 aromatic carbocycles. The van der Waals surface area contributed by atoms with Gasteiger partial charge in [-0.2, -0.15) is 5.10 Å². The van der Waals surface area contributed by atoms with Gasteiger partial charge in [0.1, 0.15) is 5.75 Å². The Morgan fingerprint density at radius 2 is 1.87 bits per heavy atom. The zero-order chi connectivity index (χ0) is 22.4. The van der Waals surface area contributed by atoms with E-state index in [1.807, 2.05) is 30.3 Å². The average molecular weight is 442 g/mol. The average Bonchev–Trinajstić information content (AvgIpc) is 2.76. The maximum Gasteiger partial charge on any atom is 0.359 e. The van der Waals surface area contributed by atoms with Crippen molar-refractivity contribution in [2.75, 3.05) is 12.4 Å². The quantitative estimate of drug-likeness (QED) is 0.565.